The summed E-state index contributed by atoms with van der Waals surface area (Å²) < 4.78 is 5.32. The van der Waals surface area contributed by atoms with E-state index in [1.807, 2.05) is 18.2 Å². The molecule has 2 atom stereocenters. The van der Waals surface area contributed by atoms with Crippen LogP contribution in [0.25, 0.3) is 10.9 Å². The van der Waals surface area contributed by atoms with Crippen molar-refractivity contribution >= 4 is 16.8 Å². The molecule has 0 saturated carbocycles. The van der Waals surface area contributed by atoms with Gasteiger partial charge in [0.1, 0.15) is 5.75 Å². The number of carbonyl (C=O) groups is 1. The maximum absolute atomic E-state index is 13.0. The zero-order valence-corrected chi connectivity index (χ0v) is 19.1. The minimum absolute atomic E-state index is 0.0539. The number of hydrogen-bond acceptors (Lipinski definition) is 4. The van der Waals surface area contributed by atoms with Crippen molar-refractivity contribution in [1.82, 2.24) is 15.2 Å². The third kappa shape index (κ3) is 6.30. The average molecular weight is 424 g/mol. The SMILES string of the molecule is C=CC1CN(CCCCCCC)CCC1CNC(=O)c1ccnc2ccc(OC)cc12. The molecular weight excluding hydrogens is 386 g/mol. The summed E-state index contributed by atoms with van der Waals surface area (Å²) in [5, 5.41) is 3.99. The molecule has 1 fully saturated rings. The van der Waals surface area contributed by atoms with Crippen LogP contribution in [-0.4, -0.2) is 49.1 Å². The van der Waals surface area contributed by atoms with Crippen LogP contribution in [0, 0.1) is 11.8 Å². The maximum Gasteiger partial charge on any atom is 0.252 e. The van der Waals surface area contributed by atoms with Crippen molar-refractivity contribution in [1.29, 1.82) is 0 Å². The lowest BCUT2D eigenvalue weighted by atomic mass is 9.85. The second kappa shape index (κ2) is 11.8. The van der Waals surface area contributed by atoms with Gasteiger partial charge in [0.2, 0.25) is 0 Å². The fourth-order valence-corrected chi connectivity index (χ4v) is 4.53. The molecule has 1 aliphatic rings. The fraction of sp³-hybridized carbons (Fsp3) is 0.538. The van der Waals surface area contributed by atoms with Crippen LogP contribution in [0.15, 0.2) is 43.1 Å². The summed E-state index contributed by atoms with van der Waals surface area (Å²) in [6.07, 6.45) is 11.4. The van der Waals surface area contributed by atoms with Gasteiger partial charge in [-0.15, -0.1) is 6.58 Å². The highest BCUT2D eigenvalue weighted by Gasteiger charge is 2.27. The topological polar surface area (TPSA) is 54.5 Å². The van der Waals surface area contributed by atoms with Crippen molar-refractivity contribution in [2.75, 3.05) is 33.3 Å². The zero-order chi connectivity index (χ0) is 22.1. The van der Waals surface area contributed by atoms with Crippen LogP contribution in [0.4, 0.5) is 0 Å². The fourth-order valence-electron chi connectivity index (χ4n) is 4.53. The van der Waals surface area contributed by atoms with Crippen LogP contribution in [0.1, 0.15) is 55.8 Å². The molecule has 2 aromatic rings. The van der Waals surface area contributed by atoms with E-state index in [0.717, 1.165) is 36.2 Å². The maximum atomic E-state index is 13.0. The summed E-state index contributed by atoms with van der Waals surface area (Å²) in [7, 11) is 1.63. The number of rotatable bonds is 11. The number of carbonyl (C=O) groups excluding carboxylic acids is 1. The van der Waals surface area contributed by atoms with Crippen LogP contribution in [0.2, 0.25) is 0 Å². The van der Waals surface area contributed by atoms with E-state index in [1.54, 1.807) is 19.4 Å². The summed E-state index contributed by atoms with van der Waals surface area (Å²) in [6.45, 7) is 10.3. The van der Waals surface area contributed by atoms with Gasteiger partial charge >= 0.3 is 0 Å². The average Bonchev–Trinajstić information content (AvgIpc) is 2.81. The molecule has 2 heterocycles. The minimum Gasteiger partial charge on any atom is -0.497 e. The normalized spacial score (nSPS) is 19.3. The number of benzene rings is 1. The molecule has 31 heavy (non-hydrogen) atoms. The number of nitrogens with zero attached hydrogens (tertiary/aromatic N) is 2. The lowest BCUT2D eigenvalue weighted by Gasteiger charge is -2.37. The van der Waals surface area contributed by atoms with Crippen LogP contribution in [0.5, 0.6) is 5.75 Å². The summed E-state index contributed by atoms with van der Waals surface area (Å²) in [5.74, 6) is 1.52. The smallest absolute Gasteiger partial charge is 0.252 e. The molecule has 1 N–H and O–H groups in total. The Balaban J connectivity index is 1.54. The number of likely N-dealkylation sites (tertiary alicyclic amines) is 1. The van der Waals surface area contributed by atoms with Crippen molar-refractivity contribution < 1.29 is 9.53 Å². The standard InChI is InChI=1S/C26H37N3O2/c1-4-6-7-8-9-15-29-16-13-21(20(5-2)19-29)18-28-26(30)23-12-14-27-25-11-10-22(31-3)17-24(23)25/h5,10-12,14,17,20-21H,2,4,6-9,13,15-16,18-19H2,1,3H3,(H,28,30). The molecule has 5 heteroatoms. The van der Waals surface area contributed by atoms with Crippen molar-refractivity contribution in [3.63, 3.8) is 0 Å². The van der Waals surface area contributed by atoms with Crippen molar-refractivity contribution in [3.05, 3.63) is 48.7 Å². The van der Waals surface area contributed by atoms with Gasteiger partial charge < -0.3 is 15.0 Å². The molecule has 0 radical (unpaired) electrons. The number of piperidine rings is 1. The van der Waals surface area contributed by atoms with Crippen LogP contribution in [-0.2, 0) is 0 Å². The molecule has 5 nitrogen and oxygen atoms in total. The Bertz CT molecular complexity index is 867. The second-order valence-electron chi connectivity index (χ2n) is 8.61. The predicted octanol–water partition coefficient (Wildman–Crippen LogP) is 5.07. The Labute approximate surface area is 186 Å². The molecule has 0 aliphatic carbocycles. The molecule has 1 aliphatic heterocycles. The highest BCUT2D eigenvalue weighted by Crippen LogP contribution is 2.26. The van der Waals surface area contributed by atoms with Gasteiger partial charge in [-0.2, -0.15) is 0 Å². The van der Waals surface area contributed by atoms with Crippen LogP contribution in [0.3, 0.4) is 0 Å². The molecular formula is C26H37N3O2. The summed E-state index contributed by atoms with van der Waals surface area (Å²) in [6, 6.07) is 7.41. The number of fused-ring (bicyclic) bond motifs is 1. The van der Waals surface area contributed by atoms with E-state index in [-0.39, 0.29) is 5.91 Å². The van der Waals surface area contributed by atoms with Crippen LogP contribution < -0.4 is 10.1 Å². The Morgan fingerprint density at radius 3 is 2.90 bits per heavy atom. The van der Waals surface area contributed by atoms with Crippen LogP contribution >= 0.6 is 0 Å². The first-order valence-corrected chi connectivity index (χ1v) is 11.7. The Hall–Kier alpha value is -2.40. The van der Waals surface area contributed by atoms with Gasteiger partial charge in [-0.25, -0.2) is 0 Å². The van der Waals surface area contributed by atoms with E-state index >= 15 is 0 Å². The number of unbranched alkanes of at least 4 members (excludes halogenated alkanes) is 4. The highest BCUT2D eigenvalue weighted by molar-refractivity contribution is 6.06. The first-order valence-electron chi connectivity index (χ1n) is 11.7. The number of ether oxygens (including phenoxy) is 1. The summed E-state index contributed by atoms with van der Waals surface area (Å²) in [4.78, 5) is 19.9. The van der Waals surface area contributed by atoms with Gasteiger partial charge in [-0.05, 0) is 62.0 Å². The Morgan fingerprint density at radius 1 is 1.29 bits per heavy atom. The van der Waals surface area contributed by atoms with E-state index in [0.29, 0.717) is 23.9 Å². The largest absolute Gasteiger partial charge is 0.497 e. The van der Waals surface area contributed by atoms with Crippen molar-refractivity contribution in [2.24, 2.45) is 11.8 Å². The van der Waals surface area contributed by atoms with E-state index in [4.69, 9.17) is 4.74 Å². The molecule has 1 aromatic carbocycles. The summed E-state index contributed by atoms with van der Waals surface area (Å²) >= 11 is 0. The van der Waals surface area contributed by atoms with Gasteiger partial charge in [0.15, 0.2) is 0 Å². The molecule has 168 valence electrons. The lowest BCUT2D eigenvalue weighted by Crippen LogP contribution is -2.44. The highest BCUT2D eigenvalue weighted by atomic mass is 16.5. The quantitative estimate of drug-likeness (QED) is 0.405. The van der Waals surface area contributed by atoms with Gasteiger partial charge in [-0.1, -0.05) is 38.7 Å². The first-order chi connectivity index (χ1) is 15.2. The Kier molecular flexibility index (Phi) is 8.89. The van der Waals surface area contributed by atoms with Gasteiger partial charge in [-0.3, -0.25) is 9.78 Å². The van der Waals surface area contributed by atoms with E-state index in [1.165, 1.54) is 38.6 Å². The zero-order valence-electron chi connectivity index (χ0n) is 19.1. The number of nitrogens with one attached hydrogen (secondary N) is 1. The molecule has 0 spiro atoms. The number of pyridine rings is 1. The molecule has 0 bridgehead atoms. The molecule has 3 rings (SSSR count). The van der Waals surface area contributed by atoms with Gasteiger partial charge in [0.05, 0.1) is 18.2 Å². The third-order valence-corrected chi connectivity index (χ3v) is 6.49. The first kappa shape index (κ1) is 23.3. The third-order valence-electron chi connectivity index (χ3n) is 6.49. The minimum atomic E-state index is -0.0539. The van der Waals surface area contributed by atoms with E-state index < -0.39 is 0 Å². The predicted molar refractivity (Wildman–Crippen MR) is 128 cm³/mol. The number of hydrogen-bond donors (Lipinski definition) is 1. The van der Waals surface area contributed by atoms with Gasteiger partial charge in [0, 0.05) is 24.7 Å². The Morgan fingerprint density at radius 2 is 2.13 bits per heavy atom. The second-order valence-corrected chi connectivity index (χ2v) is 8.61. The molecule has 1 amide bonds. The lowest BCUT2D eigenvalue weighted by molar-refractivity contribution is 0.0921. The summed E-state index contributed by atoms with van der Waals surface area (Å²) in [5.41, 5.74) is 1.44. The monoisotopic (exact) mass is 423 g/mol. The van der Waals surface area contributed by atoms with Gasteiger partial charge in [0.25, 0.3) is 5.91 Å². The number of aromatic nitrogens is 1. The van der Waals surface area contributed by atoms with Crippen molar-refractivity contribution in [3.8, 4) is 5.75 Å². The van der Waals surface area contributed by atoms with E-state index in [9.17, 15) is 4.79 Å². The van der Waals surface area contributed by atoms with Crippen molar-refractivity contribution in [2.45, 2.75) is 45.4 Å². The molecule has 2 unspecified atom stereocenters. The van der Waals surface area contributed by atoms with E-state index in [2.05, 4.69) is 34.8 Å². The molecule has 1 aromatic heterocycles. The molecule has 1 saturated heterocycles. The number of methoxy groups -OCH3 is 1. The number of amides is 1.